The van der Waals surface area contributed by atoms with Crippen molar-refractivity contribution >= 4 is 11.0 Å². The molecule has 2 aromatic rings. The van der Waals surface area contributed by atoms with Gasteiger partial charge in [0.2, 0.25) is 0 Å². The van der Waals surface area contributed by atoms with Crippen LogP contribution in [0.25, 0.3) is 11.0 Å². The number of benzene rings is 1. The highest BCUT2D eigenvalue weighted by Gasteiger charge is 2.21. The highest BCUT2D eigenvalue weighted by Crippen LogP contribution is 2.35. The lowest BCUT2D eigenvalue weighted by atomic mass is 9.89. The summed E-state index contributed by atoms with van der Waals surface area (Å²) in [6.07, 6.45) is 7.00. The molecule has 92 valence electrons. The quantitative estimate of drug-likeness (QED) is 0.616. The number of rotatable bonds is 1. The van der Waals surface area contributed by atoms with Gasteiger partial charge in [-0.25, -0.2) is 4.79 Å². The lowest BCUT2D eigenvalue weighted by Crippen LogP contribution is -2.13. The lowest BCUT2D eigenvalue weighted by Gasteiger charge is -2.17. The van der Waals surface area contributed by atoms with Gasteiger partial charge in [0.15, 0.2) is 0 Å². The van der Waals surface area contributed by atoms with Gasteiger partial charge in [-0.3, -0.25) is 0 Å². The van der Waals surface area contributed by atoms with Crippen molar-refractivity contribution in [1.29, 1.82) is 0 Å². The molecular weight excluding hydrogens is 228 g/mol. The lowest BCUT2D eigenvalue weighted by molar-refractivity contribution is 0.447. The van der Waals surface area contributed by atoms with E-state index < -0.39 is 5.63 Å². The average Bonchev–Trinajstić information content (AvgIpc) is 2.40. The molecule has 1 heterocycles. The average molecular weight is 242 g/mol. The molecule has 1 N–H and O–H groups in total. The van der Waals surface area contributed by atoms with Crippen LogP contribution in [0.4, 0.5) is 0 Å². The van der Waals surface area contributed by atoms with E-state index in [-0.39, 0.29) is 11.7 Å². The van der Waals surface area contributed by atoms with Crippen molar-refractivity contribution in [1.82, 2.24) is 0 Å². The Hall–Kier alpha value is -2.03. The maximum atomic E-state index is 12.0. The zero-order chi connectivity index (χ0) is 12.5. The monoisotopic (exact) mass is 242 g/mol. The van der Waals surface area contributed by atoms with Gasteiger partial charge >= 0.3 is 5.63 Å². The summed E-state index contributed by atoms with van der Waals surface area (Å²) in [5.74, 6) is 0.0398. The van der Waals surface area contributed by atoms with E-state index >= 15 is 0 Å². The van der Waals surface area contributed by atoms with Gasteiger partial charge in [0.1, 0.15) is 11.3 Å². The summed E-state index contributed by atoms with van der Waals surface area (Å²) >= 11 is 0. The molecule has 3 heteroatoms. The molecule has 3 nitrogen and oxygen atoms in total. The third-order valence-corrected chi connectivity index (χ3v) is 3.44. The Labute approximate surface area is 104 Å². The minimum absolute atomic E-state index is 0.0281. The fourth-order valence-corrected chi connectivity index (χ4v) is 2.53. The Kier molecular flexibility index (Phi) is 2.67. The molecule has 0 spiro atoms. The zero-order valence-corrected chi connectivity index (χ0v) is 9.93. The molecule has 0 radical (unpaired) electrons. The van der Waals surface area contributed by atoms with Crippen LogP contribution in [0.1, 0.15) is 30.7 Å². The van der Waals surface area contributed by atoms with E-state index in [0.29, 0.717) is 16.5 Å². The van der Waals surface area contributed by atoms with Crippen LogP contribution >= 0.6 is 0 Å². The van der Waals surface area contributed by atoms with Crippen LogP contribution in [0.2, 0.25) is 0 Å². The zero-order valence-electron chi connectivity index (χ0n) is 9.93. The van der Waals surface area contributed by atoms with E-state index in [4.69, 9.17) is 4.42 Å². The molecule has 0 bridgehead atoms. The van der Waals surface area contributed by atoms with E-state index in [1.165, 1.54) is 0 Å². The minimum atomic E-state index is -0.428. The number of allylic oxidation sites excluding steroid dienone is 2. The van der Waals surface area contributed by atoms with Crippen molar-refractivity contribution in [3.8, 4) is 5.75 Å². The molecule has 1 aromatic carbocycles. The van der Waals surface area contributed by atoms with Gasteiger partial charge in [0.05, 0.1) is 10.9 Å². The Morgan fingerprint density at radius 2 is 2.11 bits per heavy atom. The van der Waals surface area contributed by atoms with Gasteiger partial charge in [0, 0.05) is 5.92 Å². The molecule has 0 amide bonds. The molecule has 1 unspecified atom stereocenters. The number of aromatic hydroxyl groups is 1. The molecular formula is C15H14O3. The fraction of sp³-hybridized carbons (Fsp3) is 0.267. The van der Waals surface area contributed by atoms with Crippen molar-refractivity contribution in [3.05, 3.63) is 52.4 Å². The Bertz CT molecular complexity index is 667. The summed E-state index contributed by atoms with van der Waals surface area (Å²) in [7, 11) is 0. The summed E-state index contributed by atoms with van der Waals surface area (Å²) in [5, 5.41) is 10.9. The molecule has 0 fully saturated rings. The molecule has 18 heavy (non-hydrogen) atoms. The van der Waals surface area contributed by atoms with E-state index in [1.54, 1.807) is 18.2 Å². The molecule has 1 aromatic heterocycles. The van der Waals surface area contributed by atoms with Gasteiger partial charge in [-0.2, -0.15) is 0 Å². The Morgan fingerprint density at radius 1 is 1.28 bits per heavy atom. The third-order valence-electron chi connectivity index (χ3n) is 3.44. The van der Waals surface area contributed by atoms with Crippen LogP contribution in [0.3, 0.4) is 0 Å². The number of fused-ring (bicyclic) bond motifs is 1. The summed E-state index contributed by atoms with van der Waals surface area (Å²) in [4.78, 5) is 12.0. The van der Waals surface area contributed by atoms with Crippen LogP contribution in [0, 0.1) is 0 Å². The van der Waals surface area contributed by atoms with E-state index in [0.717, 1.165) is 19.3 Å². The van der Waals surface area contributed by atoms with Crippen LogP contribution in [0.15, 0.2) is 45.6 Å². The predicted octanol–water partition coefficient (Wildman–Crippen LogP) is 3.32. The summed E-state index contributed by atoms with van der Waals surface area (Å²) in [6.45, 7) is 0. The van der Waals surface area contributed by atoms with Gasteiger partial charge in [0.25, 0.3) is 0 Å². The van der Waals surface area contributed by atoms with Crippen LogP contribution in [-0.4, -0.2) is 5.11 Å². The van der Waals surface area contributed by atoms with E-state index in [1.807, 2.05) is 12.1 Å². The summed E-state index contributed by atoms with van der Waals surface area (Å²) in [5.41, 5.74) is 0.399. The van der Waals surface area contributed by atoms with Crippen molar-refractivity contribution < 1.29 is 9.52 Å². The first-order valence-electron chi connectivity index (χ1n) is 6.19. The Morgan fingerprint density at radius 3 is 2.89 bits per heavy atom. The second kappa shape index (κ2) is 4.33. The third kappa shape index (κ3) is 1.72. The second-order valence-corrected chi connectivity index (χ2v) is 4.61. The summed E-state index contributed by atoms with van der Waals surface area (Å²) in [6, 6.07) is 7.06. The first kappa shape index (κ1) is 11.1. The fourth-order valence-electron chi connectivity index (χ4n) is 2.53. The summed E-state index contributed by atoms with van der Waals surface area (Å²) < 4.78 is 5.28. The topological polar surface area (TPSA) is 50.4 Å². The van der Waals surface area contributed by atoms with Crippen molar-refractivity contribution in [2.75, 3.05) is 0 Å². The van der Waals surface area contributed by atoms with E-state index in [9.17, 15) is 9.90 Å². The molecule has 1 atom stereocenters. The van der Waals surface area contributed by atoms with Crippen LogP contribution in [-0.2, 0) is 0 Å². The number of para-hydroxylation sites is 1. The van der Waals surface area contributed by atoms with Crippen molar-refractivity contribution in [2.24, 2.45) is 0 Å². The number of hydrogen-bond acceptors (Lipinski definition) is 3. The maximum absolute atomic E-state index is 12.0. The highest BCUT2D eigenvalue weighted by atomic mass is 16.4. The molecule has 0 saturated heterocycles. The maximum Gasteiger partial charge on any atom is 0.343 e. The molecule has 1 aliphatic carbocycles. The molecule has 1 aliphatic rings. The Balaban J connectivity index is 2.25. The van der Waals surface area contributed by atoms with Gasteiger partial charge in [-0.1, -0.05) is 24.3 Å². The minimum Gasteiger partial charge on any atom is -0.507 e. The first-order valence-corrected chi connectivity index (χ1v) is 6.19. The second-order valence-electron chi connectivity index (χ2n) is 4.61. The SMILES string of the molecule is O=c1oc2ccccc2c(O)c1C1C=CCCC1. The van der Waals surface area contributed by atoms with Crippen LogP contribution in [0.5, 0.6) is 5.75 Å². The van der Waals surface area contributed by atoms with Gasteiger partial charge in [-0.05, 0) is 31.4 Å². The van der Waals surface area contributed by atoms with Gasteiger partial charge < -0.3 is 9.52 Å². The molecule has 3 rings (SSSR count). The van der Waals surface area contributed by atoms with Gasteiger partial charge in [-0.15, -0.1) is 0 Å². The van der Waals surface area contributed by atoms with E-state index in [2.05, 4.69) is 6.08 Å². The standard InChI is InChI=1S/C15H14O3/c16-14-11-8-4-5-9-12(11)18-15(17)13(14)10-6-2-1-3-7-10/h2,4-6,8-10,16H,1,3,7H2. The molecule has 0 saturated carbocycles. The van der Waals surface area contributed by atoms with Crippen molar-refractivity contribution in [3.63, 3.8) is 0 Å². The smallest absolute Gasteiger partial charge is 0.343 e. The number of hydrogen-bond donors (Lipinski definition) is 1. The first-order chi connectivity index (χ1) is 8.77. The largest absolute Gasteiger partial charge is 0.507 e. The van der Waals surface area contributed by atoms with Crippen molar-refractivity contribution in [2.45, 2.75) is 25.2 Å². The predicted molar refractivity (Wildman–Crippen MR) is 69.9 cm³/mol. The highest BCUT2D eigenvalue weighted by molar-refractivity contribution is 5.84. The van der Waals surface area contributed by atoms with Crippen LogP contribution < -0.4 is 5.63 Å². The molecule has 0 aliphatic heterocycles. The normalized spacial score (nSPS) is 19.2.